The molecule has 0 bridgehead atoms. The van der Waals surface area contributed by atoms with Crippen molar-refractivity contribution in [3.63, 3.8) is 0 Å². The van der Waals surface area contributed by atoms with Crippen molar-refractivity contribution in [3.8, 4) is 11.3 Å². The monoisotopic (exact) mass is 365 g/mol. The van der Waals surface area contributed by atoms with Gasteiger partial charge >= 0.3 is 12.1 Å². The highest BCUT2D eigenvalue weighted by Crippen LogP contribution is 2.33. The molecule has 0 unspecified atom stereocenters. The van der Waals surface area contributed by atoms with Crippen LogP contribution in [-0.4, -0.2) is 29.3 Å². The average Bonchev–Trinajstić information content (AvgIpc) is 3.00. The maximum atomic E-state index is 13.0. The molecular formula is C22H23NO4. The van der Waals surface area contributed by atoms with Crippen LogP contribution in [-0.2, 0) is 9.47 Å². The third-order valence-corrected chi connectivity index (χ3v) is 4.25. The molecule has 140 valence electrons. The number of carbonyl (C=O) groups excluding carboxylic acids is 2. The number of ether oxygens (including phenoxy) is 2. The molecule has 0 saturated carbocycles. The number of fused-ring (bicyclic) bond motifs is 1. The number of rotatable bonds is 2. The van der Waals surface area contributed by atoms with E-state index in [1.807, 2.05) is 58.0 Å². The normalized spacial score (nSPS) is 11.4. The van der Waals surface area contributed by atoms with E-state index >= 15 is 0 Å². The summed E-state index contributed by atoms with van der Waals surface area (Å²) in [4.78, 5) is 25.3. The third kappa shape index (κ3) is 3.58. The van der Waals surface area contributed by atoms with Gasteiger partial charge in [0.15, 0.2) is 0 Å². The summed E-state index contributed by atoms with van der Waals surface area (Å²) < 4.78 is 12.1. The molecule has 3 aromatic rings. The summed E-state index contributed by atoms with van der Waals surface area (Å²) >= 11 is 0. The van der Waals surface area contributed by atoms with Crippen molar-refractivity contribution in [1.29, 1.82) is 0 Å². The predicted octanol–water partition coefficient (Wildman–Crippen LogP) is 5.19. The number of hydrogen-bond donors (Lipinski definition) is 0. The molecule has 1 heterocycles. The fraction of sp³-hybridized carbons (Fsp3) is 0.273. The number of methoxy groups -OCH3 is 1. The van der Waals surface area contributed by atoms with Crippen LogP contribution in [0.25, 0.3) is 22.2 Å². The van der Waals surface area contributed by atoms with E-state index in [2.05, 4.69) is 0 Å². The van der Waals surface area contributed by atoms with E-state index in [9.17, 15) is 9.59 Å². The highest BCUT2D eigenvalue weighted by Gasteiger charge is 2.25. The number of esters is 1. The first-order chi connectivity index (χ1) is 12.7. The van der Waals surface area contributed by atoms with Gasteiger partial charge in [-0.15, -0.1) is 0 Å². The van der Waals surface area contributed by atoms with Gasteiger partial charge in [0.05, 0.1) is 23.9 Å². The second kappa shape index (κ2) is 6.91. The van der Waals surface area contributed by atoms with E-state index in [1.165, 1.54) is 11.7 Å². The Hall–Kier alpha value is -3.08. The van der Waals surface area contributed by atoms with Crippen molar-refractivity contribution in [3.05, 3.63) is 59.7 Å². The SMILES string of the molecule is COC(=O)c1ccccc1-c1cc2c(C)cccc2n1C(=O)OC(C)(C)C. The van der Waals surface area contributed by atoms with Crippen molar-refractivity contribution in [2.45, 2.75) is 33.3 Å². The lowest BCUT2D eigenvalue weighted by Crippen LogP contribution is -2.27. The van der Waals surface area contributed by atoms with Gasteiger partial charge in [0.2, 0.25) is 0 Å². The molecule has 0 aliphatic carbocycles. The standard InChI is InChI=1S/C22H23NO4/c1-14-9-8-12-18-17(14)13-19(23(18)21(25)27-22(2,3)4)15-10-6-7-11-16(15)20(24)26-5/h6-13H,1-5H3. The van der Waals surface area contributed by atoms with Gasteiger partial charge in [0.25, 0.3) is 0 Å². The van der Waals surface area contributed by atoms with Crippen LogP contribution < -0.4 is 0 Å². The molecule has 0 N–H and O–H groups in total. The van der Waals surface area contributed by atoms with Crippen LogP contribution in [0.1, 0.15) is 36.7 Å². The molecule has 0 saturated heterocycles. The summed E-state index contributed by atoms with van der Waals surface area (Å²) in [6.45, 7) is 7.45. The van der Waals surface area contributed by atoms with Crippen LogP contribution >= 0.6 is 0 Å². The molecule has 0 amide bonds. The Labute approximate surface area is 158 Å². The Morgan fingerprint density at radius 2 is 1.70 bits per heavy atom. The van der Waals surface area contributed by atoms with E-state index in [1.54, 1.807) is 18.2 Å². The molecule has 0 atom stereocenters. The molecule has 0 spiro atoms. The number of hydrogen-bond acceptors (Lipinski definition) is 4. The van der Waals surface area contributed by atoms with Gasteiger partial charge in [-0.05, 0) is 51.5 Å². The minimum absolute atomic E-state index is 0.394. The summed E-state index contributed by atoms with van der Waals surface area (Å²) in [5, 5.41) is 0.929. The van der Waals surface area contributed by atoms with Crippen LogP contribution in [0, 0.1) is 6.92 Å². The number of aryl methyl sites for hydroxylation is 1. The van der Waals surface area contributed by atoms with Gasteiger partial charge in [0.1, 0.15) is 5.60 Å². The lowest BCUT2D eigenvalue weighted by Gasteiger charge is -2.21. The zero-order chi connectivity index (χ0) is 19.8. The van der Waals surface area contributed by atoms with Gasteiger partial charge in [-0.2, -0.15) is 0 Å². The Balaban J connectivity index is 2.31. The van der Waals surface area contributed by atoms with Crippen LogP contribution in [0.15, 0.2) is 48.5 Å². The Morgan fingerprint density at radius 1 is 1.00 bits per heavy atom. The number of benzene rings is 2. The quantitative estimate of drug-likeness (QED) is 0.587. The van der Waals surface area contributed by atoms with Crippen molar-refractivity contribution in [2.24, 2.45) is 0 Å². The fourth-order valence-corrected chi connectivity index (χ4v) is 3.08. The molecule has 5 nitrogen and oxygen atoms in total. The van der Waals surface area contributed by atoms with Gasteiger partial charge in [-0.1, -0.05) is 30.3 Å². The highest BCUT2D eigenvalue weighted by molar-refractivity contribution is 6.02. The molecule has 0 aliphatic heterocycles. The molecule has 5 heteroatoms. The van der Waals surface area contributed by atoms with Crippen molar-refractivity contribution in [2.75, 3.05) is 7.11 Å². The molecule has 0 aliphatic rings. The molecule has 27 heavy (non-hydrogen) atoms. The van der Waals surface area contributed by atoms with Gasteiger partial charge in [0, 0.05) is 10.9 Å². The number of aromatic nitrogens is 1. The van der Waals surface area contributed by atoms with Crippen molar-refractivity contribution in [1.82, 2.24) is 4.57 Å². The Kier molecular flexibility index (Phi) is 4.79. The third-order valence-electron chi connectivity index (χ3n) is 4.25. The van der Waals surface area contributed by atoms with E-state index in [0.717, 1.165) is 16.5 Å². The second-order valence-corrected chi connectivity index (χ2v) is 7.39. The van der Waals surface area contributed by atoms with Gasteiger partial charge in [-0.25, -0.2) is 14.2 Å². The summed E-state index contributed by atoms with van der Waals surface area (Å²) in [5.74, 6) is -0.455. The highest BCUT2D eigenvalue weighted by atomic mass is 16.6. The topological polar surface area (TPSA) is 57.5 Å². The maximum absolute atomic E-state index is 13.0. The molecule has 1 aromatic heterocycles. The number of nitrogens with zero attached hydrogens (tertiary/aromatic N) is 1. The number of carbonyl (C=O) groups is 2. The summed E-state index contributed by atoms with van der Waals surface area (Å²) in [6, 6.07) is 14.7. The van der Waals surface area contributed by atoms with Crippen molar-refractivity contribution < 1.29 is 19.1 Å². The lowest BCUT2D eigenvalue weighted by atomic mass is 10.0. The first-order valence-corrected chi connectivity index (χ1v) is 8.75. The zero-order valence-electron chi connectivity index (χ0n) is 16.2. The van der Waals surface area contributed by atoms with Crippen LogP contribution in [0.3, 0.4) is 0 Å². The predicted molar refractivity (Wildman–Crippen MR) is 105 cm³/mol. The lowest BCUT2D eigenvalue weighted by molar-refractivity contribution is 0.0543. The van der Waals surface area contributed by atoms with Gasteiger partial charge in [-0.3, -0.25) is 0 Å². The van der Waals surface area contributed by atoms with Gasteiger partial charge < -0.3 is 9.47 Å². The molecule has 0 fully saturated rings. The van der Waals surface area contributed by atoms with E-state index in [4.69, 9.17) is 9.47 Å². The molecule has 2 aromatic carbocycles. The van der Waals surface area contributed by atoms with Crippen LogP contribution in [0.5, 0.6) is 0 Å². The molecular weight excluding hydrogens is 342 g/mol. The fourth-order valence-electron chi connectivity index (χ4n) is 3.08. The maximum Gasteiger partial charge on any atom is 0.419 e. The largest absolute Gasteiger partial charge is 0.465 e. The average molecular weight is 365 g/mol. The van der Waals surface area contributed by atoms with Crippen LogP contribution in [0.4, 0.5) is 4.79 Å². The van der Waals surface area contributed by atoms with Crippen molar-refractivity contribution >= 4 is 23.0 Å². The summed E-state index contributed by atoms with van der Waals surface area (Å²) in [7, 11) is 1.34. The minimum Gasteiger partial charge on any atom is -0.465 e. The van der Waals surface area contributed by atoms with Crippen LogP contribution in [0.2, 0.25) is 0 Å². The van der Waals surface area contributed by atoms with E-state index < -0.39 is 17.7 Å². The summed E-state index contributed by atoms with van der Waals surface area (Å²) in [6.07, 6.45) is -0.488. The molecule has 0 radical (unpaired) electrons. The first-order valence-electron chi connectivity index (χ1n) is 8.75. The summed E-state index contributed by atoms with van der Waals surface area (Å²) in [5.41, 5.74) is 2.73. The Morgan fingerprint density at radius 3 is 2.37 bits per heavy atom. The zero-order valence-corrected chi connectivity index (χ0v) is 16.2. The minimum atomic E-state index is -0.642. The van der Waals surface area contributed by atoms with E-state index in [-0.39, 0.29) is 0 Å². The Bertz CT molecular complexity index is 1020. The smallest absolute Gasteiger partial charge is 0.419 e. The first kappa shape index (κ1) is 18.7. The second-order valence-electron chi connectivity index (χ2n) is 7.39. The van der Waals surface area contributed by atoms with E-state index in [0.29, 0.717) is 16.8 Å². The molecule has 3 rings (SSSR count).